The van der Waals surface area contributed by atoms with Crippen LogP contribution in [0.2, 0.25) is 0 Å². The fraction of sp³-hybridized carbons (Fsp3) is 0.440. The number of aryl methyl sites for hydroxylation is 1. The zero-order valence-electron chi connectivity index (χ0n) is 21.2. The third-order valence-corrected chi connectivity index (χ3v) is 5.74. The van der Waals surface area contributed by atoms with E-state index in [2.05, 4.69) is 20.6 Å². The zero-order valence-corrected chi connectivity index (χ0v) is 22.8. The van der Waals surface area contributed by atoms with Gasteiger partial charge in [-0.05, 0) is 70.0 Å². The van der Waals surface area contributed by atoms with Crippen molar-refractivity contribution in [1.82, 2.24) is 14.9 Å². The highest BCUT2D eigenvalue weighted by Gasteiger charge is 2.32. The Morgan fingerprint density at radius 2 is 1.92 bits per heavy atom. The number of rotatable bonds is 11. The SMILES string of the molecule is Cc1c(NCCCCN)ccc2nc(NC(C)(C)C(=O)N(C)CCc3ccccn3)oc(=O)c12.Cl.Cl. The maximum Gasteiger partial charge on any atom is 0.348 e. The van der Waals surface area contributed by atoms with Crippen LogP contribution in [0.4, 0.5) is 11.7 Å². The smallest absolute Gasteiger partial charge is 0.348 e. The minimum Gasteiger partial charge on any atom is -0.389 e. The van der Waals surface area contributed by atoms with Crippen LogP contribution in [-0.2, 0) is 11.2 Å². The second kappa shape index (κ2) is 14.0. The molecule has 0 aliphatic carbocycles. The minimum absolute atomic E-state index is 0. The number of benzene rings is 1. The maximum atomic E-state index is 13.1. The minimum atomic E-state index is -1.03. The summed E-state index contributed by atoms with van der Waals surface area (Å²) in [5.74, 6) is -0.152. The lowest BCUT2D eigenvalue weighted by Crippen LogP contribution is -2.49. The fourth-order valence-corrected chi connectivity index (χ4v) is 3.78. The van der Waals surface area contributed by atoms with E-state index in [1.54, 1.807) is 38.1 Å². The molecule has 3 rings (SSSR count). The van der Waals surface area contributed by atoms with Crippen molar-refractivity contribution in [2.75, 3.05) is 37.3 Å². The van der Waals surface area contributed by atoms with Crippen LogP contribution in [0.15, 0.2) is 45.7 Å². The zero-order chi connectivity index (χ0) is 24.7. The van der Waals surface area contributed by atoms with E-state index in [1.807, 2.05) is 31.2 Å². The Balaban J connectivity index is 0.00000324. The van der Waals surface area contributed by atoms with Crippen LogP contribution in [0, 0.1) is 6.92 Å². The van der Waals surface area contributed by atoms with E-state index in [-0.39, 0.29) is 36.7 Å². The molecule has 0 aliphatic rings. The molecular weight excluding hydrogens is 503 g/mol. The van der Waals surface area contributed by atoms with Crippen molar-refractivity contribution in [2.24, 2.45) is 5.73 Å². The van der Waals surface area contributed by atoms with Crippen molar-refractivity contribution in [1.29, 1.82) is 0 Å². The van der Waals surface area contributed by atoms with Gasteiger partial charge < -0.3 is 25.7 Å². The summed E-state index contributed by atoms with van der Waals surface area (Å²) in [6, 6.07) is 9.40. The molecule has 11 heteroatoms. The highest BCUT2D eigenvalue weighted by Crippen LogP contribution is 2.24. The molecule has 0 spiro atoms. The number of unbranched alkanes of at least 4 members (excludes halogenated alkanes) is 1. The van der Waals surface area contributed by atoms with Crippen molar-refractivity contribution >= 4 is 53.3 Å². The lowest BCUT2D eigenvalue weighted by atomic mass is 10.0. The standard InChI is InChI=1S/C25H34N6O3.2ClH/c1-17-19(28-15-8-6-13-26)10-11-20-21(17)22(32)34-24(29-20)30-25(2,3)23(33)31(4)16-12-18-9-5-7-14-27-18;;/h5,7,9-11,14,28H,6,8,12-13,15-16,26H2,1-4H3,(H,29,30);2*1H. The summed E-state index contributed by atoms with van der Waals surface area (Å²) in [6.45, 7) is 7.27. The van der Waals surface area contributed by atoms with Gasteiger partial charge in [-0.15, -0.1) is 24.8 Å². The first-order valence-corrected chi connectivity index (χ1v) is 11.5. The van der Waals surface area contributed by atoms with Crippen molar-refractivity contribution in [3.8, 4) is 0 Å². The van der Waals surface area contributed by atoms with E-state index in [4.69, 9.17) is 10.2 Å². The highest BCUT2D eigenvalue weighted by molar-refractivity contribution is 5.89. The fourth-order valence-electron chi connectivity index (χ4n) is 3.78. The number of fused-ring (bicyclic) bond motifs is 1. The van der Waals surface area contributed by atoms with Gasteiger partial charge in [-0.2, -0.15) is 4.98 Å². The molecule has 0 saturated heterocycles. The van der Waals surface area contributed by atoms with Crippen LogP contribution in [0.25, 0.3) is 10.9 Å². The van der Waals surface area contributed by atoms with E-state index < -0.39 is 11.2 Å². The van der Waals surface area contributed by atoms with Gasteiger partial charge in [0, 0.05) is 44.1 Å². The Bertz CT molecular complexity index is 1190. The van der Waals surface area contributed by atoms with Gasteiger partial charge in [0.25, 0.3) is 6.01 Å². The molecule has 0 saturated carbocycles. The molecule has 1 amide bonds. The molecule has 2 heterocycles. The number of aromatic nitrogens is 2. The summed E-state index contributed by atoms with van der Waals surface area (Å²) in [4.78, 5) is 36.3. The molecule has 0 aliphatic heterocycles. The quantitative estimate of drug-likeness (QED) is 0.315. The van der Waals surface area contributed by atoms with E-state index >= 15 is 0 Å². The summed E-state index contributed by atoms with van der Waals surface area (Å²) in [5.41, 5.74) is 7.08. The van der Waals surface area contributed by atoms with E-state index in [0.29, 0.717) is 30.4 Å². The average Bonchev–Trinajstić information content (AvgIpc) is 2.81. The van der Waals surface area contributed by atoms with Crippen LogP contribution in [0.1, 0.15) is 37.9 Å². The van der Waals surface area contributed by atoms with E-state index in [1.165, 1.54) is 0 Å². The number of hydrogen-bond donors (Lipinski definition) is 3. The van der Waals surface area contributed by atoms with Crippen LogP contribution in [-0.4, -0.2) is 53.0 Å². The molecule has 0 unspecified atom stereocenters. The number of nitrogens with zero attached hydrogens (tertiary/aromatic N) is 3. The Morgan fingerprint density at radius 1 is 1.17 bits per heavy atom. The average molecular weight is 540 g/mol. The number of carbonyl (C=O) groups excluding carboxylic acids is 1. The Hall–Kier alpha value is -2.88. The van der Waals surface area contributed by atoms with Gasteiger partial charge in [-0.3, -0.25) is 9.78 Å². The molecular formula is C25H36Cl2N6O3. The largest absolute Gasteiger partial charge is 0.389 e. The maximum absolute atomic E-state index is 13.1. The second-order valence-corrected chi connectivity index (χ2v) is 8.91. The molecule has 0 fully saturated rings. The van der Waals surface area contributed by atoms with E-state index in [0.717, 1.165) is 36.3 Å². The van der Waals surface area contributed by atoms with Crippen LogP contribution >= 0.6 is 24.8 Å². The normalized spacial score (nSPS) is 10.8. The van der Waals surface area contributed by atoms with Crippen LogP contribution in [0.5, 0.6) is 0 Å². The Labute approximate surface area is 224 Å². The summed E-state index contributed by atoms with van der Waals surface area (Å²) in [5, 5.41) is 6.76. The van der Waals surface area contributed by atoms with Crippen molar-refractivity contribution < 1.29 is 9.21 Å². The van der Waals surface area contributed by atoms with Crippen LogP contribution < -0.4 is 22.0 Å². The molecule has 2 aromatic heterocycles. The molecule has 0 atom stereocenters. The van der Waals surface area contributed by atoms with Crippen LogP contribution in [0.3, 0.4) is 0 Å². The number of amides is 1. The number of carbonyl (C=O) groups is 1. The van der Waals surface area contributed by atoms with Gasteiger partial charge in [0.2, 0.25) is 5.91 Å². The van der Waals surface area contributed by atoms with Gasteiger partial charge in [0.1, 0.15) is 5.54 Å². The molecule has 36 heavy (non-hydrogen) atoms. The molecule has 3 aromatic rings. The number of likely N-dealkylation sites (N-methyl/N-ethyl adjacent to an activating group) is 1. The molecule has 1 aromatic carbocycles. The molecule has 0 bridgehead atoms. The number of anilines is 2. The first-order chi connectivity index (χ1) is 16.2. The summed E-state index contributed by atoms with van der Waals surface area (Å²) in [6.07, 6.45) is 4.26. The number of hydrogen-bond acceptors (Lipinski definition) is 8. The topological polar surface area (TPSA) is 126 Å². The first kappa shape index (κ1) is 31.2. The molecule has 0 radical (unpaired) electrons. The summed E-state index contributed by atoms with van der Waals surface area (Å²) in [7, 11) is 1.74. The summed E-state index contributed by atoms with van der Waals surface area (Å²) < 4.78 is 5.46. The van der Waals surface area contributed by atoms with Crippen molar-refractivity contribution in [3.63, 3.8) is 0 Å². The van der Waals surface area contributed by atoms with Gasteiger partial charge in [-0.1, -0.05) is 6.07 Å². The lowest BCUT2D eigenvalue weighted by Gasteiger charge is -2.30. The van der Waals surface area contributed by atoms with E-state index in [9.17, 15) is 9.59 Å². The molecule has 198 valence electrons. The second-order valence-electron chi connectivity index (χ2n) is 8.91. The first-order valence-electron chi connectivity index (χ1n) is 11.5. The number of halogens is 2. The Kier molecular flexibility index (Phi) is 12.1. The highest BCUT2D eigenvalue weighted by atomic mass is 35.5. The lowest BCUT2D eigenvalue weighted by molar-refractivity contribution is -0.133. The van der Waals surface area contributed by atoms with Gasteiger partial charge in [-0.25, -0.2) is 4.79 Å². The van der Waals surface area contributed by atoms with Gasteiger partial charge >= 0.3 is 5.63 Å². The van der Waals surface area contributed by atoms with Gasteiger partial charge in [0.15, 0.2) is 0 Å². The van der Waals surface area contributed by atoms with Gasteiger partial charge in [0.05, 0.1) is 10.9 Å². The predicted molar refractivity (Wildman–Crippen MR) is 150 cm³/mol. The third-order valence-electron chi connectivity index (χ3n) is 5.74. The predicted octanol–water partition coefficient (Wildman–Crippen LogP) is 3.78. The van der Waals surface area contributed by atoms with Crippen molar-refractivity contribution in [3.05, 3.63) is 58.2 Å². The number of nitrogens with one attached hydrogen (secondary N) is 2. The number of nitrogens with two attached hydrogens (primary N) is 1. The summed E-state index contributed by atoms with van der Waals surface area (Å²) >= 11 is 0. The Morgan fingerprint density at radius 3 is 2.58 bits per heavy atom. The third kappa shape index (κ3) is 7.81. The molecule has 4 N–H and O–H groups in total. The number of pyridine rings is 1. The molecule has 9 nitrogen and oxygen atoms in total. The monoisotopic (exact) mass is 538 g/mol. The van der Waals surface area contributed by atoms with Crippen molar-refractivity contribution in [2.45, 2.75) is 45.6 Å².